The van der Waals surface area contributed by atoms with Crippen LogP contribution in [-0.2, 0) is 23.4 Å². The Balaban J connectivity index is 2.38. The highest BCUT2D eigenvalue weighted by atomic mass is 32.2. The number of rotatable bonds is 5. The highest BCUT2D eigenvalue weighted by Gasteiger charge is 2.26. The summed E-state index contributed by atoms with van der Waals surface area (Å²) in [5.74, 6) is -0.446. The van der Waals surface area contributed by atoms with Gasteiger partial charge in [0.2, 0.25) is 0 Å². The molecule has 10 heteroatoms. The largest absolute Gasteiger partial charge is 0.484 e. The van der Waals surface area contributed by atoms with Crippen LogP contribution in [0.25, 0.3) is 0 Å². The lowest BCUT2D eigenvalue weighted by molar-refractivity contribution is 0.0406. The summed E-state index contributed by atoms with van der Waals surface area (Å²) in [5, 5.41) is 0. The van der Waals surface area contributed by atoms with Gasteiger partial charge < -0.3 is 14.5 Å². The van der Waals surface area contributed by atoms with E-state index in [1.165, 1.54) is 0 Å². The third kappa shape index (κ3) is 5.90. The molecule has 2 N–H and O–H groups in total. The van der Waals surface area contributed by atoms with Crippen LogP contribution in [0.5, 0.6) is 0 Å². The van der Waals surface area contributed by atoms with E-state index in [0.717, 1.165) is 0 Å². The zero-order chi connectivity index (χ0) is 12.2. The summed E-state index contributed by atoms with van der Waals surface area (Å²) < 4.78 is 41.4. The molecule has 0 amide bonds. The zero-order valence-corrected chi connectivity index (χ0v) is 10.2. The van der Waals surface area contributed by atoms with E-state index in [-0.39, 0.29) is 6.54 Å². The summed E-state index contributed by atoms with van der Waals surface area (Å²) in [6.45, 7) is 2.43. The third-order valence-electron chi connectivity index (χ3n) is 1.97. The summed E-state index contributed by atoms with van der Waals surface area (Å²) in [4.78, 5) is 18.6. The maximum absolute atomic E-state index is 11.1. The Morgan fingerprint density at radius 2 is 1.88 bits per heavy atom. The molecule has 0 aromatic heterocycles. The highest BCUT2D eigenvalue weighted by molar-refractivity contribution is 7.90. The predicted molar refractivity (Wildman–Crippen MR) is 54.2 cm³/mol. The van der Waals surface area contributed by atoms with Gasteiger partial charge in [-0.25, -0.2) is 4.57 Å². The molecule has 0 aromatic rings. The number of hydrogen-bond acceptors (Lipinski definition) is 6. The van der Waals surface area contributed by atoms with Gasteiger partial charge in [0, 0.05) is 19.6 Å². The molecule has 0 spiro atoms. The number of phosphoric acid groups is 1. The minimum Gasteiger partial charge on any atom is -0.379 e. The van der Waals surface area contributed by atoms with E-state index in [1.807, 2.05) is 4.90 Å². The molecule has 0 saturated carbocycles. The first-order valence-electron chi connectivity index (χ1n) is 4.58. The molecule has 96 valence electrons. The molecule has 0 unspecified atom stereocenters. The Bertz CT molecular complexity index is 357. The van der Waals surface area contributed by atoms with Gasteiger partial charge in [-0.15, -0.1) is 0 Å². The quantitative estimate of drug-likeness (QED) is 0.599. The molecule has 1 saturated heterocycles. The second-order valence-corrected chi connectivity index (χ2v) is 6.38. The average Bonchev–Trinajstić information content (AvgIpc) is 2.13. The molecular weight excluding hydrogens is 261 g/mol. The minimum atomic E-state index is -4.99. The van der Waals surface area contributed by atoms with Crippen molar-refractivity contribution in [3.8, 4) is 0 Å². The van der Waals surface area contributed by atoms with Crippen LogP contribution in [0.1, 0.15) is 0 Å². The van der Waals surface area contributed by atoms with Gasteiger partial charge in [0.05, 0.1) is 19.0 Å². The standard InChI is InChI=1S/C6H14NO7PS/c8-15(9,10)14-16(11,12)6-3-7-1-4-13-5-2-7/h1-6H2,(H2,8,9,10). The first-order valence-corrected chi connectivity index (χ1v) is 7.69. The Hall–Kier alpha value is -0.0200. The van der Waals surface area contributed by atoms with Gasteiger partial charge in [0.1, 0.15) is 0 Å². The Kier molecular flexibility index (Phi) is 4.87. The van der Waals surface area contributed by atoms with Gasteiger partial charge in [0.15, 0.2) is 0 Å². The topological polar surface area (TPSA) is 113 Å². The second kappa shape index (κ2) is 5.54. The van der Waals surface area contributed by atoms with Gasteiger partial charge in [-0.2, -0.15) is 12.4 Å². The fourth-order valence-corrected chi connectivity index (χ4v) is 3.21. The van der Waals surface area contributed by atoms with Crippen molar-refractivity contribution in [2.45, 2.75) is 0 Å². The van der Waals surface area contributed by atoms with E-state index >= 15 is 0 Å². The van der Waals surface area contributed by atoms with Crippen molar-refractivity contribution in [1.82, 2.24) is 4.90 Å². The van der Waals surface area contributed by atoms with Crippen molar-refractivity contribution in [2.75, 3.05) is 38.6 Å². The Morgan fingerprint density at radius 1 is 1.31 bits per heavy atom. The van der Waals surface area contributed by atoms with E-state index < -0.39 is 23.7 Å². The first-order chi connectivity index (χ1) is 7.29. The smallest absolute Gasteiger partial charge is 0.379 e. The molecule has 8 nitrogen and oxygen atoms in total. The summed E-state index contributed by atoms with van der Waals surface area (Å²) in [6.07, 6.45) is 0. The monoisotopic (exact) mass is 275 g/mol. The molecule has 0 bridgehead atoms. The van der Waals surface area contributed by atoms with E-state index in [4.69, 9.17) is 14.5 Å². The fourth-order valence-electron chi connectivity index (χ4n) is 1.25. The summed E-state index contributed by atoms with van der Waals surface area (Å²) in [6, 6.07) is 0. The molecule has 1 fully saturated rings. The first kappa shape index (κ1) is 14.0. The van der Waals surface area contributed by atoms with Crippen molar-refractivity contribution in [2.24, 2.45) is 0 Å². The van der Waals surface area contributed by atoms with Crippen LogP contribution in [0.4, 0.5) is 0 Å². The average molecular weight is 275 g/mol. The number of nitrogens with zero attached hydrogens (tertiary/aromatic N) is 1. The SMILES string of the molecule is O=P(O)(O)OS(=O)(=O)CCN1CCOCC1. The van der Waals surface area contributed by atoms with Crippen molar-refractivity contribution < 1.29 is 31.5 Å². The third-order valence-corrected chi connectivity index (χ3v) is 4.34. The van der Waals surface area contributed by atoms with E-state index in [1.54, 1.807) is 0 Å². The normalized spacial score (nSPS) is 19.9. The molecule has 1 heterocycles. The molecule has 0 atom stereocenters. The maximum atomic E-state index is 11.1. The molecule has 1 aliphatic heterocycles. The molecule has 0 radical (unpaired) electrons. The fraction of sp³-hybridized carbons (Fsp3) is 1.00. The van der Waals surface area contributed by atoms with Crippen LogP contribution in [-0.4, -0.2) is 61.7 Å². The van der Waals surface area contributed by atoms with Crippen molar-refractivity contribution in [3.63, 3.8) is 0 Å². The summed E-state index contributed by atoms with van der Waals surface area (Å²) >= 11 is 0. The van der Waals surface area contributed by atoms with Crippen molar-refractivity contribution >= 4 is 17.9 Å². The van der Waals surface area contributed by atoms with Crippen LogP contribution < -0.4 is 0 Å². The van der Waals surface area contributed by atoms with Crippen LogP contribution in [0.2, 0.25) is 0 Å². The summed E-state index contributed by atoms with van der Waals surface area (Å²) in [5.41, 5.74) is 0. The number of ether oxygens (including phenoxy) is 1. The lowest BCUT2D eigenvalue weighted by atomic mass is 10.4. The van der Waals surface area contributed by atoms with Gasteiger partial charge in [0.25, 0.3) is 10.1 Å². The molecule has 1 aliphatic rings. The molecule has 0 aromatic carbocycles. The Labute approximate surface area is 93.5 Å². The van der Waals surface area contributed by atoms with Crippen LogP contribution in [0, 0.1) is 0 Å². The highest BCUT2D eigenvalue weighted by Crippen LogP contribution is 2.38. The molecule has 1 rings (SSSR count). The molecular formula is C6H14NO7PS. The van der Waals surface area contributed by atoms with Crippen molar-refractivity contribution in [3.05, 3.63) is 0 Å². The number of morpholine rings is 1. The van der Waals surface area contributed by atoms with Crippen molar-refractivity contribution in [1.29, 1.82) is 0 Å². The zero-order valence-electron chi connectivity index (χ0n) is 8.48. The van der Waals surface area contributed by atoms with E-state index in [2.05, 4.69) is 3.97 Å². The Morgan fingerprint density at radius 3 is 2.38 bits per heavy atom. The molecule has 16 heavy (non-hydrogen) atoms. The van der Waals surface area contributed by atoms with E-state index in [9.17, 15) is 13.0 Å². The van der Waals surface area contributed by atoms with Crippen LogP contribution >= 0.6 is 7.82 Å². The van der Waals surface area contributed by atoms with Gasteiger partial charge >= 0.3 is 7.82 Å². The minimum absolute atomic E-state index is 0.172. The van der Waals surface area contributed by atoms with Gasteiger partial charge in [-0.1, -0.05) is 0 Å². The van der Waals surface area contributed by atoms with Gasteiger partial charge in [-0.05, 0) is 0 Å². The van der Waals surface area contributed by atoms with Crippen LogP contribution in [0.15, 0.2) is 0 Å². The van der Waals surface area contributed by atoms with E-state index in [0.29, 0.717) is 26.3 Å². The lowest BCUT2D eigenvalue weighted by Gasteiger charge is -2.26. The predicted octanol–water partition coefficient (Wildman–Crippen LogP) is -1.24. The second-order valence-electron chi connectivity index (χ2n) is 3.28. The summed E-state index contributed by atoms with van der Waals surface area (Å²) in [7, 11) is -9.17. The maximum Gasteiger partial charge on any atom is 0.484 e. The number of hydrogen-bond donors (Lipinski definition) is 2. The van der Waals surface area contributed by atoms with Crippen LogP contribution in [0.3, 0.4) is 0 Å². The lowest BCUT2D eigenvalue weighted by Crippen LogP contribution is -2.39. The molecule has 0 aliphatic carbocycles. The van der Waals surface area contributed by atoms with Gasteiger partial charge in [-0.3, -0.25) is 4.90 Å².